The van der Waals surface area contributed by atoms with Crippen molar-refractivity contribution in [3.63, 3.8) is 0 Å². The SMILES string of the molecule is CC1CC(C(=O)N(C)CC2CCCCO2)CCN1. The van der Waals surface area contributed by atoms with E-state index in [1.54, 1.807) is 0 Å². The minimum Gasteiger partial charge on any atom is -0.376 e. The predicted molar refractivity (Wildman–Crippen MR) is 71.4 cm³/mol. The van der Waals surface area contributed by atoms with E-state index in [0.717, 1.165) is 39.0 Å². The molecular weight excluding hydrogens is 228 g/mol. The van der Waals surface area contributed by atoms with Gasteiger partial charge in [0.25, 0.3) is 0 Å². The van der Waals surface area contributed by atoms with Crippen LogP contribution in [0.3, 0.4) is 0 Å². The van der Waals surface area contributed by atoms with E-state index in [2.05, 4.69) is 12.2 Å². The maximum absolute atomic E-state index is 12.4. The third-order valence-corrected chi connectivity index (χ3v) is 4.10. The molecule has 0 aromatic carbocycles. The fourth-order valence-corrected chi connectivity index (χ4v) is 3.01. The Morgan fingerprint density at radius 2 is 2.22 bits per heavy atom. The van der Waals surface area contributed by atoms with Crippen molar-refractivity contribution in [3.05, 3.63) is 0 Å². The molecule has 2 aliphatic heterocycles. The summed E-state index contributed by atoms with van der Waals surface area (Å²) in [5.74, 6) is 0.507. The molecule has 3 atom stereocenters. The number of amides is 1. The minimum atomic E-state index is 0.204. The van der Waals surface area contributed by atoms with Crippen molar-refractivity contribution in [2.75, 3.05) is 26.7 Å². The fraction of sp³-hybridized carbons (Fsp3) is 0.929. The summed E-state index contributed by atoms with van der Waals surface area (Å²) in [5.41, 5.74) is 0. The third-order valence-electron chi connectivity index (χ3n) is 4.10. The van der Waals surface area contributed by atoms with Gasteiger partial charge >= 0.3 is 0 Å². The molecule has 4 nitrogen and oxygen atoms in total. The Hall–Kier alpha value is -0.610. The molecule has 2 aliphatic rings. The van der Waals surface area contributed by atoms with Gasteiger partial charge in [0.15, 0.2) is 0 Å². The minimum absolute atomic E-state index is 0.204. The van der Waals surface area contributed by atoms with Gasteiger partial charge in [-0.25, -0.2) is 0 Å². The summed E-state index contributed by atoms with van der Waals surface area (Å²) in [5, 5.41) is 3.39. The average Bonchev–Trinajstić information content (AvgIpc) is 2.39. The van der Waals surface area contributed by atoms with Crippen molar-refractivity contribution in [1.29, 1.82) is 0 Å². The molecule has 3 unspecified atom stereocenters. The van der Waals surface area contributed by atoms with E-state index in [1.165, 1.54) is 12.8 Å². The molecule has 0 aromatic heterocycles. The second-order valence-corrected chi connectivity index (χ2v) is 5.78. The Bertz CT molecular complexity index is 277. The van der Waals surface area contributed by atoms with Crippen LogP contribution in [0.2, 0.25) is 0 Å². The van der Waals surface area contributed by atoms with Gasteiger partial charge < -0.3 is 15.0 Å². The molecule has 18 heavy (non-hydrogen) atoms. The van der Waals surface area contributed by atoms with Crippen LogP contribution in [-0.4, -0.2) is 49.7 Å². The Balaban J connectivity index is 1.79. The molecule has 2 rings (SSSR count). The van der Waals surface area contributed by atoms with Crippen LogP contribution in [0.25, 0.3) is 0 Å². The van der Waals surface area contributed by atoms with Crippen LogP contribution >= 0.6 is 0 Å². The lowest BCUT2D eigenvalue weighted by molar-refractivity contribution is -0.137. The number of ether oxygens (including phenoxy) is 1. The van der Waals surface area contributed by atoms with E-state index < -0.39 is 0 Å². The highest BCUT2D eigenvalue weighted by Gasteiger charge is 2.28. The van der Waals surface area contributed by atoms with Crippen molar-refractivity contribution in [3.8, 4) is 0 Å². The van der Waals surface area contributed by atoms with Crippen LogP contribution < -0.4 is 5.32 Å². The van der Waals surface area contributed by atoms with E-state index in [9.17, 15) is 4.79 Å². The Morgan fingerprint density at radius 1 is 1.39 bits per heavy atom. The highest BCUT2D eigenvalue weighted by Crippen LogP contribution is 2.20. The zero-order chi connectivity index (χ0) is 13.0. The molecule has 0 aromatic rings. The number of nitrogens with one attached hydrogen (secondary N) is 1. The van der Waals surface area contributed by atoms with Gasteiger partial charge in [-0.15, -0.1) is 0 Å². The van der Waals surface area contributed by atoms with Crippen molar-refractivity contribution in [2.45, 2.75) is 51.2 Å². The Morgan fingerprint density at radius 3 is 2.89 bits per heavy atom. The summed E-state index contributed by atoms with van der Waals surface area (Å²) in [6.07, 6.45) is 5.69. The number of rotatable bonds is 3. The maximum atomic E-state index is 12.4. The standard InChI is InChI=1S/C14H26N2O2/c1-11-9-12(6-7-15-11)14(17)16(2)10-13-5-3-4-8-18-13/h11-13,15H,3-10H2,1-2H3. The number of hydrogen-bond acceptors (Lipinski definition) is 3. The highest BCUT2D eigenvalue weighted by molar-refractivity contribution is 5.78. The van der Waals surface area contributed by atoms with Gasteiger partial charge in [0.1, 0.15) is 0 Å². The number of carbonyl (C=O) groups is 1. The molecule has 0 aliphatic carbocycles. The summed E-state index contributed by atoms with van der Waals surface area (Å²) in [6, 6.07) is 0.465. The molecule has 1 amide bonds. The molecule has 4 heteroatoms. The van der Waals surface area contributed by atoms with Crippen molar-refractivity contribution < 1.29 is 9.53 Å². The number of carbonyl (C=O) groups excluding carboxylic acids is 1. The van der Waals surface area contributed by atoms with Crippen molar-refractivity contribution >= 4 is 5.91 Å². The monoisotopic (exact) mass is 254 g/mol. The molecule has 2 saturated heterocycles. The van der Waals surface area contributed by atoms with Crippen molar-refractivity contribution in [2.24, 2.45) is 5.92 Å². The van der Waals surface area contributed by atoms with Gasteiger partial charge in [0, 0.05) is 32.2 Å². The van der Waals surface area contributed by atoms with Crippen LogP contribution in [0.5, 0.6) is 0 Å². The number of nitrogens with zero attached hydrogens (tertiary/aromatic N) is 1. The van der Waals surface area contributed by atoms with E-state index in [0.29, 0.717) is 11.9 Å². The molecule has 0 spiro atoms. The zero-order valence-electron chi connectivity index (χ0n) is 11.7. The first-order valence-electron chi connectivity index (χ1n) is 7.27. The summed E-state index contributed by atoms with van der Waals surface area (Å²) in [4.78, 5) is 14.2. The topological polar surface area (TPSA) is 41.6 Å². The number of likely N-dealkylation sites (N-methyl/N-ethyl adjacent to an activating group) is 1. The molecule has 0 saturated carbocycles. The lowest BCUT2D eigenvalue weighted by atomic mass is 9.92. The van der Waals surface area contributed by atoms with Gasteiger partial charge in [0.2, 0.25) is 5.91 Å². The normalized spacial score (nSPS) is 33.1. The van der Waals surface area contributed by atoms with E-state index >= 15 is 0 Å². The summed E-state index contributed by atoms with van der Waals surface area (Å²) < 4.78 is 5.70. The first kappa shape index (κ1) is 13.8. The molecular formula is C14H26N2O2. The van der Waals surface area contributed by atoms with E-state index in [1.807, 2.05) is 11.9 Å². The largest absolute Gasteiger partial charge is 0.376 e. The second-order valence-electron chi connectivity index (χ2n) is 5.78. The van der Waals surface area contributed by atoms with Crippen LogP contribution in [0, 0.1) is 5.92 Å². The number of piperidine rings is 1. The fourth-order valence-electron chi connectivity index (χ4n) is 3.01. The van der Waals surface area contributed by atoms with Crippen LogP contribution in [-0.2, 0) is 9.53 Å². The third kappa shape index (κ3) is 3.69. The van der Waals surface area contributed by atoms with E-state index in [-0.39, 0.29) is 12.0 Å². The second kappa shape index (κ2) is 6.53. The summed E-state index contributed by atoms with van der Waals surface area (Å²) in [7, 11) is 1.92. The molecule has 0 radical (unpaired) electrons. The molecule has 104 valence electrons. The number of hydrogen-bond donors (Lipinski definition) is 1. The Labute approximate surface area is 110 Å². The van der Waals surface area contributed by atoms with Gasteiger partial charge in [-0.1, -0.05) is 0 Å². The van der Waals surface area contributed by atoms with E-state index in [4.69, 9.17) is 4.74 Å². The van der Waals surface area contributed by atoms with Gasteiger partial charge in [0.05, 0.1) is 6.10 Å². The molecule has 1 N–H and O–H groups in total. The van der Waals surface area contributed by atoms with Crippen molar-refractivity contribution in [1.82, 2.24) is 10.2 Å². The van der Waals surface area contributed by atoms with Crippen LogP contribution in [0.1, 0.15) is 39.0 Å². The lowest BCUT2D eigenvalue weighted by Gasteiger charge is -2.32. The molecule has 2 fully saturated rings. The summed E-state index contributed by atoms with van der Waals surface area (Å²) >= 11 is 0. The first-order valence-corrected chi connectivity index (χ1v) is 7.27. The van der Waals surface area contributed by atoms with Gasteiger partial charge in [-0.2, -0.15) is 0 Å². The molecule has 2 heterocycles. The zero-order valence-corrected chi connectivity index (χ0v) is 11.7. The maximum Gasteiger partial charge on any atom is 0.225 e. The van der Waals surface area contributed by atoms with Gasteiger partial charge in [-0.3, -0.25) is 4.79 Å². The quantitative estimate of drug-likeness (QED) is 0.828. The average molecular weight is 254 g/mol. The van der Waals surface area contributed by atoms with Crippen LogP contribution in [0.4, 0.5) is 0 Å². The lowest BCUT2D eigenvalue weighted by Crippen LogP contribution is -2.45. The molecule has 0 bridgehead atoms. The highest BCUT2D eigenvalue weighted by atomic mass is 16.5. The van der Waals surface area contributed by atoms with Gasteiger partial charge in [-0.05, 0) is 45.6 Å². The Kier molecular flexibility index (Phi) is 5.01. The first-order chi connectivity index (χ1) is 8.66. The predicted octanol–water partition coefficient (Wildman–Crippen LogP) is 1.40. The smallest absolute Gasteiger partial charge is 0.225 e. The van der Waals surface area contributed by atoms with Crippen LogP contribution in [0.15, 0.2) is 0 Å². The summed E-state index contributed by atoms with van der Waals surface area (Å²) in [6.45, 7) is 4.74.